The van der Waals surface area contributed by atoms with E-state index in [0.717, 1.165) is 48.4 Å². The summed E-state index contributed by atoms with van der Waals surface area (Å²) in [5.41, 5.74) is 0.908. The topological polar surface area (TPSA) is 92.0 Å². The molecule has 0 saturated carbocycles. The molecule has 0 N–H and O–H groups in total. The number of carbonyl (C=O) groups is 2. The van der Waals surface area contributed by atoms with Gasteiger partial charge < -0.3 is 19.0 Å². The van der Waals surface area contributed by atoms with Crippen LogP contribution in [0.3, 0.4) is 0 Å². The lowest BCUT2D eigenvalue weighted by molar-refractivity contribution is -0.145. The maximum absolute atomic E-state index is 12.7. The van der Waals surface area contributed by atoms with Crippen molar-refractivity contribution in [2.75, 3.05) is 44.2 Å². The number of amides is 1. The molecule has 2 aromatic heterocycles. The van der Waals surface area contributed by atoms with Crippen molar-refractivity contribution in [2.45, 2.75) is 45.2 Å². The third kappa shape index (κ3) is 5.36. The van der Waals surface area contributed by atoms with Crippen LogP contribution in [0.2, 0.25) is 0 Å². The average Bonchev–Trinajstić information content (AvgIpc) is 3.44. The van der Waals surface area contributed by atoms with Crippen LogP contribution in [0.1, 0.15) is 49.0 Å². The van der Waals surface area contributed by atoms with E-state index in [0.29, 0.717) is 51.5 Å². The lowest BCUT2D eigenvalue weighted by atomic mass is 9.99. The summed E-state index contributed by atoms with van der Waals surface area (Å²) in [4.78, 5) is 41.2. The van der Waals surface area contributed by atoms with Crippen LogP contribution in [-0.4, -0.2) is 77.0 Å². The molecule has 36 heavy (non-hydrogen) atoms. The number of aromatic nitrogens is 2. The molecule has 1 amide bonds. The van der Waals surface area contributed by atoms with Crippen LogP contribution in [0.5, 0.6) is 0 Å². The molecular weight excluding hydrogens is 458 g/mol. The van der Waals surface area contributed by atoms with E-state index >= 15 is 0 Å². The van der Waals surface area contributed by atoms with Crippen molar-refractivity contribution in [3.8, 4) is 0 Å². The summed E-state index contributed by atoms with van der Waals surface area (Å²) < 4.78 is 10.5. The molecule has 5 rings (SSSR count). The van der Waals surface area contributed by atoms with Crippen LogP contribution in [0, 0.1) is 0 Å². The first-order chi connectivity index (χ1) is 17.6. The summed E-state index contributed by atoms with van der Waals surface area (Å²) in [6, 6.07) is 11.7. The molecule has 1 unspecified atom stereocenters. The zero-order valence-corrected chi connectivity index (χ0v) is 20.8. The Morgan fingerprint density at radius 1 is 1.03 bits per heavy atom. The summed E-state index contributed by atoms with van der Waals surface area (Å²) in [5.74, 6) is 1.81. The molecule has 0 spiro atoms. The Bertz CT molecular complexity index is 1190. The fraction of sp³-hybridized carbons (Fsp3) is 0.481. The Kier molecular flexibility index (Phi) is 7.46. The van der Waals surface area contributed by atoms with Gasteiger partial charge in [-0.2, -0.15) is 0 Å². The Morgan fingerprint density at radius 2 is 1.86 bits per heavy atom. The number of piperazine rings is 1. The van der Waals surface area contributed by atoms with Gasteiger partial charge in [-0.25, -0.2) is 9.97 Å². The minimum atomic E-state index is -0.142. The van der Waals surface area contributed by atoms with Gasteiger partial charge in [0.2, 0.25) is 0 Å². The number of hydrogen-bond donors (Lipinski definition) is 0. The second kappa shape index (κ2) is 11.1. The first kappa shape index (κ1) is 24.2. The van der Waals surface area contributed by atoms with Crippen molar-refractivity contribution in [1.29, 1.82) is 0 Å². The maximum atomic E-state index is 12.7. The quantitative estimate of drug-likeness (QED) is 0.464. The molecule has 1 atom stereocenters. The van der Waals surface area contributed by atoms with Crippen molar-refractivity contribution in [1.82, 2.24) is 19.8 Å². The van der Waals surface area contributed by atoms with Gasteiger partial charge in [0.15, 0.2) is 5.76 Å². The summed E-state index contributed by atoms with van der Waals surface area (Å²) >= 11 is 0. The van der Waals surface area contributed by atoms with Crippen molar-refractivity contribution < 1.29 is 18.7 Å². The molecule has 2 fully saturated rings. The van der Waals surface area contributed by atoms with E-state index in [4.69, 9.17) is 19.1 Å². The molecule has 2 aliphatic heterocycles. The fourth-order valence-electron chi connectivity index (χ4n) is 5.19. The Hall–Kier alpha value is -3.46. The van der Waals surface area contributed by atoms with Gasteiger partial charge in [0.1, 0.15) is 11.6 Å². The van der Waals surface area contributed by atoms with E-state index in [1.807, 2.05) is 30.0 Å². The van der Waals surface area contributed by atoms with E-state index < -0.39 is 0 Å². The van der Waals surface area contributed by atoms with Gasteiger partial charge in [-0.05, 0) is 50.6 Å². The number of ether oxygens (including phenoxy) is 1. The average molecular weight is 492 g/mol. The van der Waals surface area contributed by atoms with E-state index in [2.05, 4.69) is 15.9 Å². The first-order valence-electron chi connectivity index (χ1n) is 12.9. The van der Waals surface area contributed by atoms with Gasteiger partial charge >= 0.3 is 5.97 Å². The normalized spacial score (nSPS) is 19.0. The molecule has 0 bridgehead atoms. The Balaban J connectivity index is 1.34. The number of rotatable bonds is 7. The van der Waals surface area contributed by atoms with Crippen molar-refractivity contribution in [3.63, 3.8) is 0 Å². The number of para-hydroxylation sites is 1. The minimum absolute atomic E-state index is 0.0781. The number of anilines is 1. The zero-order chi connectivity index (χ0) is 24.9. The van der Waals surface area contributed by atoms with Crippen molar-refractivity contribution >= 4 is 28.6 Å². The highest BCUT2D eigenvalue weighted by molar-refractivity contribution is 5.92. The lowest BCUT2D eigenvalue weighted by Gasteiger charge is -2.36. The van der Waals surface area contributed by atoms with E-state index in [9.17, 15) is 9.59 Å². The summed E-state index contributed by atoms with van der Waals surface area (Å²) in [5, 5.41) is 1.01. The van der Waals surface area contributed by atoms with Gasteiger partial charge in [0.05, 0.1) is 31.4 Å². The molecule has 2 saturated heterocycles. The van der Waals surface area contributed by atoms with Gasteiger partial charge in [0.25, 0.3) is 5.91 Å². The predicted molar refractivity (Wildman–Crippen MR) is 136 cm³/mol. The molecule has 0 aliphatic carbocycles. The van der Waals surface area contributed by atoms with Crippen molar-refractivity contribution in [3.05, 3.63) is 54.2 Å². The van der Waals surface area contributed by atoms with Crippen LogP contribution in [0.4, 0.5) is 5.82 Å². The fourth-order valence-corrected chi connectivity index (χ4v) is 5.19. The third-order valence-electron chi connectivity index (χ3n) is 7.03. The molecule has 3 aromatic rings. The first-order valence-corrected chi connectivity index (χ1v) is 12.9. The molecular formula is C27H33N5O4. The number of benzene rings is 1. The van der Waals surface area contributed by atoms with Crippen LogP contribution in [0.25, 0.3) is 10.9 Å². The summed E-state index contributed by atoms with van der Waals surface area (Å²) in [6.07, 6.45) is 5.12. The van der Waals surface area contributed by atoms with E-state index in [1.165, 1.54) is 6.26 Å². The van der Waals surface area contributed by atoms with Crippen LogP contribution < -0.4 is 4.90 Å². The van der Waals surface area contributed by atoms with Gasteiger partial charge in [-0.15, -0.1) is 0 Å². The number of likely N-dealkylation sites (tertiary alicyclic amines) is 1. The minimum Gasteiger partial charge on any atom is -0.466 e. The Morgan fingerprint density at radius 3 is 2.64 bits per heavy atom. The summed E-state index contributed by atoms with van der Waals surface area (Å²) in [6.45, 7) is 6.32. The van der Waals surface area contributed by atoms with Gasteiger partial charge in [-0.3, -0.25) is 14.5 Å². The number of furan rings is 1. The lowest BCUT2D eigenvalue weighted by Crippen LogP contribution is -2.49. The molecule has 9 heteroatoms. The zero-order valence-electron chi connectivity index (χ0n) is 20.8. The highest BCUT2D eigenvalue weighted by Crippen LogP contribution is 2.27. The predicted octanol–water partition coefficient (Wildman–Crippen LogP) is 3.49. The largest absolute Gasteiger partial charge is 0.466 e. The van der Waals surface area contributed by atoms with Crippen LogP contribution in [0.15, 0.2) is 47.1 Å². The number of carbonyl (C=O) groups excluding carboxylic acids is 2. The highest BCUT2D eigenvalue weighted by atomic mass is 16.5. The van der Waals surface area contributed by atoms with Crippen LogP contribution in [-0.2, 0) is 16.1 Å². The van der Waals surface area contributed by atoms with Gasteiger partial charge in [-0.1, -0.05) is 18.6 Å². The van der Waals surface area contributed by atoms with E-state index in [-0.39, 0.29) is 17.9 Å². The molecule has 190 valence electrons. The number of hydrogen-bond acceptors (Lipinski definition) is 8. The van der Waals surface area contributed by atoms with Crippen molar-refractivity contribution in [2.24, 2.45) is 0 Å². The second-order valence-corrected chi connectivity index (χ2v) is 9.37. The number of piperidine rings is 1. The van der Waals surface area contributed by atoms with Gasteiger partial charge in [0, 0.05) is 37.6 Å². The third-order valence-corrected chi connectivity index (χ3v) is 7.03. The molecule has 1 aromatic carbocycles. The summed E-state index contributed by atoms with van der Waals surface area (Å²) in [7, 11) is 0. The number of fused-ring (bicyclic) bond motifs is 1. The highest BCUT2D eigenvalue weighted by Gasteiger charge is 2.28. The molecule has 0 radical (unpaired) electrons. The number of nitrogens with zero attached hydrogens (tertiary/aromatic N) is 5. The molecule has 2 aliphatic rings. The monoisotopic (exact) mass is 491 g/mol. The number of esters is 1. The molecule has 4 heterocycles. The molecule has 9 nitrogen and oxygen atoms in total. The van der Waals surface area contributed by atoms with Crippen LogP contribution >= 0.6 is 0 Å². The standard InChI is InChI=1S/C27H33N5O4/c1-2-35-25(33)18-20-8-5-6-12-32(20)19-24-28-22-10-4-3-9-21(22)26(29-24)30-13-15-31(16-14-30)27(34)23-11-7-17-36-23/h3-4,7,9-11,17,20H,2,5-6,8,12-16,18-19H2,1H3. The Labute approximate surface area is 211 Å². The smallest absolute Gasteiger partial charge is 0.307 e. The van der Waals surface area contributed by atoms with E-state index in [1.54, 1.807) is 12.1 Å². The maximum Gasteiger partial charge on any atom is 0.307 e. The SMILES string of the molecule is CCOC(=O)CC1CCCCN1Cc1nc(N2CCN(C(=O)c3ccco3)CC2)c2ccccc2n1. The second-order valence-electron chi connectivity index (χ2n) is 9.37.